The molecular formula is C10H6Cl6Si2. The fraction of sp³-hybridized carbons (Fsp3) is 0.400. The van der Waals surface area contributed by atoms with Crippen molar-refractivity contribution in [3.05, 3.63) is 35.4 Å². The average Bonchev–Trinajstić information content (AvgIpc) is 2.28. The number of rotatable bonds is 4. The van der Waals surface area contributed by atoms with Crippen molar-refractivity contribution in [1.29, 1.82) is 0 Å². The van der Waals surface area contributed by atoms with E-state index in [4.69, 9.17) is 69.6 Å². The summed E-state index contributed by atoms with van der Waals surface area (Å²) >= 11 is 36.7. The van der Waals surface area contributed by atoms with Crippen molar-refractivity contribution in [1.82, 2.24) is 0 Å². The molecule has 8 heteroatoms. The minimum Gasteiger partial charge on any atom is -0.124 e. The lowest BCUT2D eigenvalue weighted by Crippen LogP contribution is -2.31. The third kappa shape index (κ3) is 3.53. The molecule has 0 spiro atoms. The second-order valence-corrected chi connectivity index (χ2v) is 9.05. The van der Waals surface area contributed by atoms with Gasteiger partial charge >= 0.3 is 0 Å². The van der Waals surface area contributed by atoms with E-state index in [9.17, 15) is 0 Å². The SMILES string of the molecule is [Si]C(Cl)C(Cl)(Cl)c1ccccc1C(Cl)(Cl)C([Si])Cl. The van der Waals surface area contributed by atoms with Crippen LogP contribution in [0.3, 0.4) is 0 Å². The second-order valence-electron chi connectivity index (χ2n) is 3.52. The van der Waals surface area contributed by atoms with Crippen LogP contribution >= 0.6 is 69.6 Å². The van der Waals surface area contributed by atoms with Gasteiger partial charge in [0.05, 0.1) is 30.5 Å². The van der Waals surface area contributed by atoms with E-state index in [1.54, 1.807) is 24.3 Å². The van der Waals surface area contributed by atoms with Crippen molar-refractivity contribution in [3.8, 4) is 0 Å². The predicted octanol–water partition coefficient (Wildman–Crippen LogP) is 4.41. The molecule has 0 heterocycles. The first kappa shape index (κ1) is 17.4. The molecule has 0 nitrogen and oxygen atoms in total. The van der Waals surface area contributed by atoms with E-state index in [0.29, 0.717) is 11.1 Å². The van der Waals surface area contributed by atoms with Crippen molar-refractivity contribution < 1.29 is 0 Å². The molecule has 0 aliphatic carbocycles. The van der Waals surface area contributed by atoms with Gasteiger partial charge in [-0.2, -0.15) is 0 Å². The normalized spacial score (nSPS) is 16.4. The first-order valence-corrected chi connectivity index (χ1v) is 8.21. The van der Waals surface area contributed by atoms with E-state index in [2.05, 4.69) is 20.5 Å². The Morgan fingerprint density at radius 2 is 1.06 bits per heavy atom. The molecule has 0 bridgehead atoms. The lowest BCUT2D eigenvalue weighted by molar-refractivity contribution is 0.848. The number of halogens is 6. The summed E-state index contributed by atoms with van der Waals surface area (Å²) in [7, 11) is 6.39. The molecule has 2 atom stereocenters. The van der Waals surface area contributed by atoms with Crippen LogP contribution in [-0.4, -0.2) is 30.5 Å². The lowest BCUT2D eigenvalue weighted by Gasteiger charge is -2.31. The lowest BCUT2D eigenvalue weighted by atomic mass is 10.0. The van der Waals surface area contributed by atoms with Gasteiger partial charge in [-0.15, -0.1) is 23.2 Å². The predicted molar refractivity (Wildman–Crippen MR) is 84.0 cm³/mol. The van der Waals surface area contributed by atoms with Crippen molar-refractivity contribution in [3.63, 3.8) is 0 Å². The molecule has 6 radical (unpaired) electrons. The molecule has 1 rings (SSSR count). The Labute approximate surface area is 143 Å². The van der Waals surface area contributed by atoms with Crippen molar-refractivity contribution >= 4 is 90.1 Å². The quantitative estimate of drug-likeness (QED) is 0.524. The number of hydrogen-bond acceptors (Lipinski definition) is 0. The fourth-order valence-electron chi connectivity index (χ4n) is 1.34. The van der Waals surface area contributed by atoms with Crippen LogP contribution in [0.2, 0.25) is 0 Å². The van der Waals surface area contributed by atoms with E-state index >= 15 is 0 Å². The summed E-state index contributed by atoms with van der Waals surface area (Å²) in [6.07, 6.45) is 0. The van der Waals surface area contributed by atoms with Crippen LogP contribution in [0.4, 0.5) is 0 Å². The monoisotopic (exact) mass is 392 g/mol. The smallest absolute Gasteiger partial charge is 0.124 e. The minimum atomic E-state index is -1.40. The van der Waals surface area contributed by atoms with Gasteiger partial charge in [-0.1, -0.05) is 70.7 Å². The van der Waals surface area contributed by atoms with Gasteiger partial charge in [0.1, 0.15) is 0 Å². The summed E-state index contributed by atoms with van der Waals surface area (Å²) in [6, 6.07) is 6.89. The molecule has 2 unspecified atom stereocenters. The molecule has 1 aromatic carbocycles. The van der Waals surface area contributed by atoms with Crippen LogP contribution in [0.5, 0.6) is 0 Å². The summed E-state index contributed by atoms with van der Waals surface area (Å²) in [5.74, 6) is 0. The van der Waals surface area contributed by atoms with E-state index in [1.165, 1.54) is 0 Å². The van der Waals surface area contributed by atoms with Gasteiger partial charge in [-0.25, -0.2) is 0 Å². The van der Waals surface area contributed by atoms with Gasteiger partial charge in [-0.05, 0) is 11.1 Å². The number of alkyl halides is 6. The summed E-state index contributed by atoms with van der Waals surface area (Å²) in [5.41, 5.74) is 0.967. The summed E-state index contributed by atoms with van der Waals surface area (Å²) in [5, 5.41) is -1.45. The zero-order chi connectivity index (χ0) is 14.1. The third-order valence-corrected chi connectivity index (χ3v) is 6.67. The Kier molecular flexibility index (Phi) is 6.24. The molecular weight excluding hydrogens is 389 g/mol. The third-order valence-electron chi connectivity index (χ3n) is 2.28. The van der Waals surface area contributed by atoms with Crippen LogP contribution in [0, 0.1) is 0 Å². The zero-order valence-corrected chi connectivity index (χ0v) is 15.3. The average molecular weight is 395 g/mol. The molecule has 18 heavy (non-hydrogen) atoms. The molecule has 96 valence electrons. The second kappa shape index (κ2) is 6.44. The highest BCUT2D eigenvalue weighted by atomic mass is 35.5. The van der Waals surface area contributed by atoms with Gasteiger partial charge in [-0.3, -0.25) is 0 Å². The van der Waals surface area contributed by atoms with E-state index in [0.717, 1.165) is 0 Å². The molecule has 0 amide bonds. The van der Waals surface area contributed by atoms with Crippen molar-refractivity contribution in [2.45, 2.75) is 18.7 Å². The van der Waals surface area contributed by atoms with Gasteiger partial charge in [0.25, 0.3) is 0 Å². The van der Waals surface area contributed by atoms with Gasteiger partial charge in [0, 0.05) is 0 Å². The molecule has 0 saturated heterocycles. The van der Waals surface area contributed by atoms with Crippen LogP contribution in [-0.2, 0) is 8.67 Å². The minimum absolute atomic E-state index is 0.484. The highest BCUT2D eigenvalue weighted by Crippen LogP contribution is 2.48. The topological polar surface area (TPSA) is 0 Å². The standard InChI is InChI=1S/C10H6Cl6Si2/c11-7(17)9(13,14)5-3-1-2-4-6(5)10(15,16)8(12)18/h1-4,7-8H. The molecule has 0 saturated carbocycles. The van der Waals surface area contributed by atoms with E-state index < -0.39 is 18.7 Å². The number of benzene rings is 1. The zero-order valence-electron chi connectivity index (χ0n) is 8.73. The Hall–Kier alpha value is 1.39. The Morgan fingerprint density at radius 1 is 0.778 bits per heavy atom. The highest BCUT2D eigenvalue weighted by molar-refractivity contribution is 6.60. The highest BCUT2D eigenvalue weighted by Gasteiger charge is 2.41. The molecule has 0 aromatic heterocycles. The Morgan fingerprint density at radius 3 is 1.28 bits per heavy atom. The molecule has 0 aliphatic heterocycles. The van der Waals surface area contributed by atoms with Gasteiger partial charge in [0.2, 0.25) is 0 Å². The fourth-order valence-corrected chi connectivity index (χ4v) is 2.54. The Bertz CT molecular complexity index is 380. The van der Waals surface area contributed by atoms with Crippen LogP contribution in [0.1, 0.15) is 11.1 Å². The first-order chi connectivity index (χ1) is 8.11. The Balaban J connectivity index is 3.41. The van der Waals surface area contributed by atoms with E-state index in [-0.39, 0.29) is 0 Å². The molecule has 0 fully saturated rings. The summed E-state index contributed by atoms with van der Waals surface area (Å²) in [6.45, 7) is 0. The summed E-state index contributed by atoms with van der Waals surface area (Å²) < 4.78 is -2.80. The largest absolute Gasteiger partial charge is 0.156 e. The maximum Gasteiger partial charge on any atom is 0.156 e. The number of hydrogen-bond donors (Lipinski definition) is 0. The maximum absolute atomic E-state index is 6.22. The van der Waals surface area contributed by atoms with E-state index in [1.807, 2.05) is 0 Å². The molecule has 0 N–H and O–H groups in total. The van der Waals surface area contributed by atoms with Crippen molar-refractivity contribution in [2.24, 2.45) is 0 Å². The molecule has 1 aromatic rings. The van der Waals surface area contributed by atoms with Gasteiger partial charge < -0.3 is 0 Å². The first-order valence-electron chi connectivity index (χ1n) is 4.67. The van der Waals surface area contributed by atoms with Crippen LogP contribution in [0.15, 0.2) is 24.3 Å². The molecule has 0 aliphatic rings. The maximum atomic E-state index is 6.22. The van der Waals surface area contributed by atoms with Crippen LogP contribution < -0.4 is 0 Å². The van der Waals surface area contributed by atoms with Crippen LogP contribution in [0.25, 0.3) is 0 Å². The summed E-state index contributed by atoms with van der Waals surface area (Å²) in [4.78, 5) is 0. The van der Waals surface area contributed by atoms with Gasteiger partial charge in [0.15, 0.2) is 8.67 Å². The van der Waals surface area contributed by atoms with Crippen molar-refractivity contribution in [2.75, 3.05) is 0 Å².